The molecule has 0 unspecified atom stereocenters. The molecular weight excluding hydrogens is 256 g/mol. The fraction of sp³-hybridized carbons (Fsp3) is 0.562. The highest BCUT2D eigenvalue weighted by Gasteiger charge is 2.05. The molecule has 0 radical (unpaired) electrons. The molecule has 0 atom stereocenters. The van der Waals surface area contributed by atoms with E-state index in [1.165, 1.54) is 5.56 Å². The van der Waals surface area contributed by atoms with Gasteiger partial charge >= 0.3 is 0 Å². The Morgan fingerprint density at radius 2 is 1.70 bits per heavy atom. The Kier molecular flexibility index (Phi) is 8.87. The van der Waals surface area contributed by atoms with Crippen LogP contribution in [0.5, 0.6) is 0 Å². The number of aryl methyl sites for hydroxylation is 1. The SMILES string of the molecule is CCc1ccc(C(=O)COCCOCCCOC)cc1. The summed E-state index contributed by atoms with van der Waals surface area (Å²) in [5, 5.41) is 0. The lowest BCUT2D eigenvalue weighted by Gasteiger charge is -2.06. The fourth-order valence-electron chi connectivity index (χ4n) is 1.70. The Morgan fingerprint density at radius 1 is 1.00 bits per heavy atom. The molecule has 0 amide bonds. The molecule has 1 rings (SSSR count). The number of hydrogen-bond donors (Lipinski definition) is 0. The summed E-state index contributed by atoms with van der Waals surface area (Å²) < 4.78 is 15.6. The molecule has 0 bridgehead atoms. The molecule has 0 heterocycles. The minimum atomic E-state index is 0.00651. The van der Waals surface area contributed by atoms with Gasteiger partial charge in [-0.3, -0.25) is 4.79 Å². The van der Waals surface area contributed by atoms with Crippen LogP contribution in [-0.4, -0.2) is 45.9 Å². The van der Waals surface area contributed by atoms with Crippen LogP contribution >= 0.6 is 0 Å². The van der Waals surface area contributed by atoms with E-state index in [1.54, 1.807) is 7.11 Å². The van der Waals surface area contributed by atoms with Crippen molar-refractivity contribution in [2.75, 3.05) is 40.1 Å². The zero-order chi connectivity index (χ0) is 14.6. The van der Waals surface area contributed by atoms with Crippen molar-refractivity contribution in [2.45, 2.75) is 19.8 Å². The topological polar surface area (TPSA) is 44.8 Å². The van der Waals surface area contributed by atoms with Crippen molar-refractivity contribution >= 4 is 5.78 Å². The number of carbonyl (C=O) groups excluding carboxylic acids is 1. The zero-order valence-corrected chi connectivity index (χ0v) is 12.4. The van der Waals surface area contributed by atoms with Crippen molar-refractivity contribution in [2.24, 2.45) is 0 Å². The van der Waals surface area contributed by atoms with Crippen molar-refractivity contribution in [3.63, 3.8) is 0 Å². The summed E-state index contributed by atoms with van der Waals surface area (Å²) in [7, 11) is 1.67. The van der Waals surface area contributed by atoms with Gasteiger partial charge in [0.25, 0.3) is 0 Å². The highest BCUT2D eigenvalue weighted by Crippen LogP contribution is 2.06. The van der Waals surface area contributed by atoms with Crippen LogP contribution in [0.2, 0.25) is 0 Å². The molecule has 112 valence electrons. The Balaban J connectivity index is 2.10. The smallest absolute Gasteiger partial charge is 0.188 e. The van der Waals surface area contributed by atoms with Crippen LogP contribution in [0.4, 0.5) is 0 Å². The summed E-state index contributed by atoms with van der Waals surface area (Å²) >= 11 is 0. The van der Waals surface area contributed by atoms with Gasteiger partial charge in [0.1, 0.15) is 6.61 Å². The summed E-state index contributed by atoms with van der Waals surface area (Å²) in [6.45, 7) is 4.49. The van der Waals surface area contributed by atoms with Crippen molar-refractivity contribution in [3.05, 3.63) is 35.4 Å². The molecule has 0 saturated heterocycles. The molecular formula is C16H24O4. The number of hydrogen-bond acceptors (Lipinski definition) is 4. The molecule has 0 aliphatic carbocycles. The summed E-state index contributed by atoms with van der Waals surface area (Å²) in [6.07, 6.45) is 1.85. The first-order valence-corrected chi connectivity index (χ1v) is 7.04. The van der Waals surface area contributed by atoms with Gasteiger partial charge in [-0.1, -0.05) is 31.2 Å². The van der Waals surface area contributed by atoms with Gasteiger partial charge in [0.05, 0.1) is 13.2 Å². The number of ether oxygens (including phenoxy) is 3. The first-order chi connectivity index (χ1) is 9.77. The number of ketones is 1. The summed E-state index contributed by atoms with van der Waals surface area (Å²) in [5.74, 6) is 0.00651. The molecule has 4 nitrogen and oxygen atoms in total. The zero-order valence-electron chi connectivity index (χ0n) is 12.4. The molecule has 0 N–H and O–H groups in total. The molecule has 0 saturated carbocycles. The van der Waals surface area contributed by atoms with E-state index >= 15 is 0 Å². The predicted molar refractivity (Wildman–Crippen MR) is 78.3 cm³/mol. The Morgan fingerprint density at radius 3 is 2.35 bits per heavy atom. The number of carbonyl (C=O) groups is 1. The van der Waals surface area contributed by atoms with Gasteiger partial charge in [-0.25, -0.2) is 0 Å². The average molecular weight is 280 g/mol. The van der Waals surface area contributed by atoms with Crippen molar-refractivity contribution in [1.82, 2.24) is 0 Å². The largest absolute Gasteiger partial charge is 0.385 e. The van der Waals surface area contributed by atoms with E-state index in [9.17, 15) is 4.79 Å². The van der Waals surface area contributed by atoms with Crippen molar-refractivity contribution in [1.29, 1.82) is 0 Å². The first kappa shape index (κ1) is 16.8. The lowest BCUT2D eigenvalue weighted by molar-refractivity contribution is 0.0382. The Bertz CT molecular complexity index is 373. The lowest BCUT2D eigenvalue weighted by Crippen LogP contribution is -2.13. The van der Waals surface area contributed by atoms with E-state index in [2.05, 4.69) is 6.92 Å². The fourth-order valence-corrected chi connectivity index (χ4v) is 1.70. The van der Waals surface area contributed by atoms with Gasteiger partial charge in [0, 0.05) is 25.9 Å². The molecule has 1 aromatic carbocycles. The second-order valence-electron chi connectivity index (χ2n) is 4.48. The second kappa shape index (κ2) is 10.5. The second-order valence-corrected chi connectivity index (χ2v) is 4.48. The number of rotatable bonds is 11. The third kappa shape index (κ3) is 6.80. The number of methoxy groups -OCH3 is 1. The Hall–Kier alpha value is -1.23. The van der Waals surface area contributed by atoms with E-state index < -0.39 is 0 Å². The van der Waals surface area contributed by atoms with E-state index in [-0.39, 0.29) is 12.4 Å². The van der Waals surface area contributed by atoms with Crippen LogP contribution in [0.25, 0.3) is 0 Å². The van der Waals surface area contributed by atoms with Crippen LogP contribution in [0.1, 0.15) is 29.3 Å². The molecule has 0 aliphatic rings. The van der Waals surface area contributed by atoms with Crippen LogP contribution in [0, 0.1) is 0 Å². The minimum Gasteiger partial charge on any atom is -0.385 e. The lowest BCUT2D eigenvalue weighted by atomic mass is 10.1. The van der Waals surface area contributed by atoms with Crippen molar-refractivity contribution < 1.29 is 19.0 Å². The quantitative estimate of drug-likeness (QED) is 0.461. The van der Waals surface area contributed by atoms with Crippen LogP contribution in [-0.2, 0) is 20.6 Å². The van der Waals surface area contributed by atoms with Gasteiger partial charge < -0.3 is 14.2 Å². The average Bonchev–Trinajstić information content (AvgIpc) is 2.50. The standard InChI is InChI=1S/C16H24O4/c1-3-14-5-7-15(8-6-14)16(17)13-20-12-11-19-10-4-9-18-2/h5-8H,3-4,9-13H2,1-2H3. The normalized spacial score (nSPS) is 10.7. The third-order valence-electron chi connectivity index (χ3n) is 2.93. The van der Waals surface area contributed by atoms with E-state index in [1.807, 2.05) is 24.3 Å². The third-order valence-corrected chi connectivity index (χ3v) is 2.93. The minimum absolute atomic E-state index is 0.00651. The van der Waals surface area contributed by atoms with Gasteiger partial charge in [0.2, 0.25) is 0 Å². The van der Waals surface area contributed by atoms with Gasteiger partial charge in [-0.05, 0) is 18.4 Å². The Labute approximate surface area is 121 Å². The van der Waals surface area contributed by atoms with E-state index in [0.717, 1.165) is 12.8 Å². The summed E-state index contributed by atoms with van der Waals surface area (Å²) in [4.78, 5) is 11.8. The molecule has 1 aromatic rings. The van der Waals surface area contributed by atoms with Crippen LogP contribution in [0.3, 0.4) is 0 Å². The number of benzene rings is 1. The van der Waals surface area contributed by atoms with Gasteiger partial charge in [-0.15, -0.1) is 0 Å². The van der Waals surface area contributed by atoms with Crippen molar-refractivity contribution in [3.8, 4) is 0 Å². The molecule has 0 fully saturated rings. The van der Waals surface area contributed by atoms with Crippen LogP contribution in [0.15, 0.2) is 24.3 Å². The maximum absolute atomic E-state index is 11.8. The number of Topliss-reactive ketones (excluding diaryl/α,β-unsaturated/α-hetero) is 1. The first-order valence-electron chi connectivity index (χ1n) is 7.04. The maximum Gasteiger partial charge on any atom is 0.188 e. The summed E-state index contributed by atoms with van der Waals surface area (Å²) in [5.41, 5.74) is 1.93. The highest BCUT2D eigenvalue weighted by atomic mass is 16.5. The highest BCUT2D eigenvalue weighted by molar-refractivity contribution is 5.97. The molecule has 20 heavy (non-hydrogen) atoms. The van der Waals surface area contributed by atoms with Gasteiger partial charge in [-0.2, -0.15) is 0 Å². The molecule has 0 aliphatic heterocycles. The van der Waals surface area contributed by atoms with Gasteiger partial charge in [0.15, 0.2) is 5.78 Å². The maximum atomic E-state index is 11.8. The van der Waals surface area contributed by atoms with E-state index in [4.69, 9.17) is 14.2 Å². The van der Waals surface area contributed by atoms with Crippen LogP contribution < -0.4 is 0 Å². The van der Waals surface area contributed by atoms with E-state index in [0.29, 0.717) is 32.0 Å². The molecule has 4 heteroatoms. The summed E-state index contributed by atoms with van der Waals surface area (Å²) in [6, 6.07) is 7.66. The molecule has 0 spiro atoms. The monoisotopic (exact) mass is 280 g/mol. The predicted octanol–water partition coefficient (Wildman–Crippen LogP) is 2.50. The molecule has 0 aromatic heterocycles.